The van der Waals surface area contributed by atoms with Gasteiger partial charge in [-0.15, -0.1) is 16.8 Å². The normalized spacial score (nSPS) is 10.8. The maximum Gasteiger partial charge on any atom is 0.234 e. The zero-order chi connectivity index (χ0) is 16.8. The minimum absolute atomic E-state index is 0.127. The fraction of sp³-hybridized carbons (Fsp3) is 0.312. The van der Waals surface area contributed by atoms with Gasteiger partial charge in [0.15, 0.2) is 5.16 Å². The van der Waals surface area contributed by atoms with E-state index >= 15 is 0 Å². The average molecular weight is 334 g/mol. The molecule has 0 spiro atoms. The summed E-state index contributed by atoms with van der Waals surface area (Å²) in [6.07, 6.45) is 1.76. The molecule has 0 fully saturated rings. The van der Waals surface area contributed by atoms with Crippen molar-refractivity contribution in [3.63, 3.8) is 0 Å². The van der Waals surface area contributed by atoms with E-state index in [0.717, 1.165) is 5.82 Å². The van der Waals surface area contributed by atoms with Crippen molar-refractivity contribution in [2.24, 2.45) is 0 Å². The van der Waals surface area contributed by atoms with Gasteiger partial charge in [0.1, 0.15) is 11.6 Å². The van der Waals surface area contributed by atoms with E-state index in [-0.39, 0.29) is 23.3 Å². The topological polar surface area (TPSA) is 59.8 Å². The van der Waals surface area contributed by atoms with Crippen LogP contribution in [0.15, 0.2) is 42.1 Å². The third kappa shape index (κ3) is 4.41. The molecule has 1 N–H and O–H groups in total. The smallest absolute Gasteiger partial charge is 0.234 e. The number of anilines is 1. The van der Waals surface area contributed by atoms with Gasteiger partial charge in [-0.1, -0.05) is 43.8 Å². The molecule has 7 heteroatoms. The highest BCUT2D eigenvalue weighted by molar-refractivity contribution is 7.99. The van der Waals surface area contributed by atoms with Crippen molar-refractivity contribution in [2.45, 2.75) is 31.5 Å². The van der Waals surface area contributed by atoms with Crippen molar-refractivity contribution in [3.8, 4) is 0 Å². The van der Waals surface area contributed by atoms with E-state index in [1.54, 1.807) is 18.2 Å². The Morgan fingerprint density at radius 2 is 2.17 bits per heavy atom. The first-order valence-electron chi connectivity index (χ1n) is 7.24. The SMILES string of the molecule is C=CCn1c(SCC(=O)Nc2ccccc2F)nnc1C(C)C. The molecule has 0 aliphatic rings. The first-order chi connectivity index (χ1) is 11.0. The zero-order valence-corrected chi connectivity index (χ0v) is 13.9. The number of aromatic nitrogens is 3. The van der Waals surface area contributed by atoms with Crippen LogP contribution >= 0.6 is 11.8 Å². The molecule has 2 aromatic rings. The largest absolute Gasteiger partial charge is 0.323 e. The number of halogens is 1. The summed E-state index contributed by atoms with van der Waals surface area (Å²) in [7, 11) is 0. The van der Waals surface area contributed by atoms with E-state index in [1.807, 2.05) is 18.4 Å². The van der Waals surface area contributed by atoms with Crippen molar-refractivity contribution in [2.75, 3.05) is 11.1 Å². The second-order valence-electron chi connectivity index (χ2n) is 5.21. The first kappa shape index (κ1) is 17.2. The van der Waals surface area contributed by atoms with Crippen molar-refractivity contribution in [3.05, 3.63) is 48.6 Å². The number of nitrogens with one attached hydrogen (secondary N) is 1. The maximum atomic E-state index is 13.5. The predicted octanol–water partition coefficient (Wildman–Crippen LogP) is 3.46. The van der Waals surface area contributed by atoms with Crippen LogP contribution in [0.3, 0.4) is 0 Å². The molecular formula is C16H19FN4OS. The second kappa shape index (κ2) is 7.92. The molecule has 0 saturated heterocycles. The Labute approximate surface area is 139 Å². The molecule has 0 aliphatic carbocycles. The Balaban J connectivity index is 2.02. The lowest BCUT2D eigenvalue weighted by Gasteiger charge is -2.09. The zero-order valence-electron chi connectivity index (χ0n) is 13.1. The lowest BCUT2D eigenvalue weighted by Crippen LogP contribution is -2.15. The fourth-order valence-corrected chi connectivity index (χ4v) is 2.77. The van der Waals surface area contributed by atoms with Gasteiger partial charge >= 0.3 is 0 Å². The van der Waals surface area contributed by atoms with Gasteiger partial charge in [0.05, 0.1) is 11.4 Å². The highest BCUT2D eigenvalue weighted by Gasteiger charge is 2.16. The number of thioether (sulfide) groups is 1. The fourth-order valence-electron chi connectivity index (χ4n) is 2.01. The van der Waals surface area contributed by atoms with Gasteiger partial charge in [-0.3, -0.25) is 4.79 Å². The monoisotopic (exact) mass is 334 g/mol. The maximum absolute atomic E-state index is 13.5. The molecule has 122 valence electrons. The number of rotatable bonds is 7. The number of hydrogen-bond donors (Lipinski definition) is 1. The van der Waals surface area contributed by atoms with Crippen LogP contribution in [-0.4, -0.2) is 26.4 Å². The predicted molar refractivity (Wildman–Crippen MR) is 90.1 cm³/mol. The number of benzene rings is 1. The molecule has 0 saturated carbocycles. The van der Waals surface area contributed by atoms with Crippen LogP contribution in [0.25, 0.3) is 0 Å². The van der Waals surface area contributed by atoms with Crippen LogP contribution in [0.2, 0.25) is 0 Å². The summed E-state index contributed by atoms with van der Waals surface area (Å²) in [6, 6.07) is 6.07. The number of carbonyl (C=O) groups is 1. The lowest BCUT2D eigenvalue weighted by molar-refractivity contribution is -0.113. The highest BCUT2D eigenvalue weighted by atomic mass is 32.2. The molecule has 5 nitrogen and oxygen atoms in total. The summed E-state index contributed by atoms with van der Waals surface area (Å²) in [5, 5.41) is 11.5. The molecule has 0 unspecified atom stereocenters. The molecule has 0 radical (unpaired) electrons. The van der Waals surface area contributed by atoms with Crippen molar-refractivity contribution < 1.29 is 9.18 Å². The Morgan fingerprint density at radius 3 is 2.83 bits per heavy atom. The van der Waals surface area contributed by atoms with Gasteiger partial charge in [-0.2, -0.15) is 0 Å². The van der Waals surface area contributed by atoms with Crippen LogP contribution < -0.4 is 5.32 Å². The van der Waals surface area contributed by atoms with E-state index in [0.29, 0.717) is 11.7 Å². The van der Waals surface area contributed by atoms with Crippen molar-refractivity contribution in [1.82, 2.24) is 14.8 Å². The van der Waals surface area contributed by atoms with Gasteiger partial charge in [-0.25, -0.2) is 4.39 Å². The highest BCUT2D eigenvalue weighted by Crippen LogP contribution is 2.22. The summed E-state index contributed by atoms with van der Waals surface area (Å²) >= 11 is 1.27. The van der Waals surface area contributed by atoms with E-state index in [9.17, 15) is 9.18 Å². The molecule has 23 heavy (non-hydrogen) atoms. The lowest BCUT2D eigenvalue weighted by atomic mass is 10.2. The van der Waals surface area contributed by atoms with Gasteiger partial charge in [0.2, 0.25) is 5.91 Å². The molecule has 0 aliphatic heterocycles. The van der Waals surface area contributed by atoms with Crippen LogP contribution in [0, 0.1) is 5.82 Å². The number of nitrogens with zero attached hydrogens (tertiary/aromatic N) is 3. The number of amides is 1. The number of allylic oxidation sites excluding steroid dienone is 1. The molecular weight excluding hydrogens is 315 g/mol. The van der Waals surface area contributed by atoms with Crippen LogP contribution in [0.5, 0.6) is 0 Å². The summed E-state index contributed by atoms with van der Waals surface area (Å²) in [5.74, 6) is 0.454. The van der Waals surface area contributed by atoms with E-state index in [4.69, 9.17) is 0 Å². The Bertz CT molecular complexity index is 699. The van der Waals surface area contributed by atoms with Crippen LogP contribution in [-0.2, 0) is 11.3 Å². The van der Waals surface area contributed by atoms with Gasteiger partial charge in [-0.05, 0) is 12.1 Å². The molecule has 1 amide bonds. The average Bonchev–Trinajstić information content (AvgIpc) is 2.91. The van der Waals surface area contributed by atoms with E-state index in [2.05, 4.69) is 22.1 Å². The molecule has 1 heterocycles. The summed E-state index contributed by atoms with van der Waals surface area (Å²) in [4.78, 5) is 12.0. The van der Waals surface area contributed by atoms with E-state index in [1.165, 1.54) is 23.9 Å². The summed E-state index contributed by atoms with van der Waals surface area (Å²) in [5.41, 5.74) is 0.175. The molecule has 1 aromatic carbocycles. The Hall–Kier alpha value is -2.15. The second-order valence-corrected chi connectivity index (χ2v) is 6.15. The van der Waals surface area contributed by atoms with Crippen LogP contribution in [0.1, 0.15) is 25.6 Å². The molecule has 0 atom stereocenters. The minimum atomic E-state index is -0.456. The number of hydrogen-bond acceptors (Lipinski definition) is 4. The van der Waals surface area contributed by atoms with Gasteiger partial charge < -0.3 is 9.88 Å². The molecule has 1 aromatic heterocycles. The Kier molecular flexibility index (Phi) is 5.92. The summed E-state index contributed by atoms with van der Waals surface area (Å²) < 4.78 is 15.4. The Morgan fingerprint density at radius 1 is 1.43 bits per heavy atom. The van der Waals surface area contributed by atoms with Crippen LogP contribution in [0.4, 0.5) is 10.1 Å². The van der Waals surface area contributed by atoms with Crippen molar-refractivity contribution >= 4 is 23.4 Å². The van der Waals surface area contributed by atoms with Gasteiger partial charge in [0.25, 0.3) is 0 Å². The number of para-hydroxylation sites is 1. The minimum Gasteiger partial charge on any atom is -0.323 e. The third-order valence-electron chi connectivity index (χ3n) is 3.05. The third-order valence-corrected chi connectivity index (χ3v) is 4.02. The standard InChI is InChI=1S/C16H19FN4OS/c1-4-9-21-15(11(2)3)19-20-16(21)23-10-14(22)18-13-8-6-5-7-12(13)17/h4-8,11H,1,9-10H2,2-3H3,(H,18,22). The quantitative estimate of drug-likeness (QED) is 0.622. The molecule has 0 bridgehead atoms. The first-order valence-corrected chi connectivity index (χ1v) is 8.22. The van der Waals surface area contributed by atoms with Crippen molar-refractivity contribution in [1.29, 1.82) is 0 Å². The van der Waals surface area contributed by atoms with Gasteiger partial charge in [0, 0.05) is 12.5 Å². The summed E-state index contributed by atoms with van der Waals surface area (Å²) in [6.45, 7) is 8.37. The van der Waals surface area contributed by atoms with E-state index < -0.39 is 5.82 Å². The molecule has 2 rings (SSSR count). The number of carbonyl (C=O) groups excluding carboxylic acids is 1.